The van der Waals surface area contributed by atoms with E-state index in [4.69, 9.17) is 29.9 Å². The first-order valence-electron chi connectivity index (χ1n) is 10.7. The monoisotopic (exact) mass is 487 g/mol. The minimum absolute atomic E-state index is 0.295. The number of carbonyl (C=O) groups is 1. The summed E-state index contributed by atoms with van der Waals surface area (Å²) in [5.41, 5.74) is 3.38. The molecule has 1 aliphatic rings. The van der Waals surface area contributed by atoms with Crippen LogP contribution in [0.5, 0.6) is 11.5 Å². The van der Waals surface area contributed by atoms with Crippen molar-refractivity contribution in [3.8, 4) is 11.5 Å². The number of halogens is 1. The number of furan rings is 1. The number of hydrogen-bond acceptors (Lipinski definition) is 5. The average Bonchev–Trinajstić information content (AvgIpc) is 3.15. The summed E-state index contributed by atoms with van der Waals surface area (Å²) in [5.74, 6) is 4.60. The third kappa shape index (κ3) is 7.12. The van der Waals surface area contributed by atoms with Gasteiger partial charge in [0.25, 0.3) is 0 Å². The Bertz CT molecular complexity index is 1150. The Hall–Kier alpha value is -2.75. The standard InChI is InChI=1S/C26H29ClO5P/c1-5-29-23(28)9-8-21-17-22-11-14-30-24(22)26(31-13-10-19(2)3)25(21)32-18-20-7-6-15-33(4,27)16-12-20/h6-12,14-17H,5,13,18H2,1-4H3/q+1/b9-8+. The van der Waals surface area contributed by atoms with E-state index in [0.717, 1.165) is 16.5 Å². The number of fused-ring (bicyclic) bond motifs is 1. The van der Waals surface area contributed by atoms with Gasteiger partial charge in [-0.3, -0.25) is 0 Å². The van der Waals surface area contributed by atoms with Crippen molar-refractivity contribution in [2.24, 2.45) is 0 Å². The van der Waals surface area contributed by atoms with Crippen molar-refractivity contribution in [3.63, 3.8) is 0 Å². The predicted octanol–water partition coefficient (Wildman–Crippen LogP) is 7.50. The van der Waals surface area contributed by atoms with Gasteiger partial charge in [0.2, 0.25) is 5.75 Å². The highest BCUT2D eigenvalue weighted by Gasteiger charge is 2.24. The van der Waals surface area contributed by atoms with Gasteiger partial charge >= 0.3 is 5.97 Å². The number of hydrogen-bond donors (Lipinski definition) is 0. The summed E-state index contributed by atoms with van der Waals surface area (Å²) in [4.78, 5) is 11.9. The van der Waals surface area contributed by atoms with Crippen LogP contribution in [0.3, 0.4) is 0 Å². The van der Waals surface area contributed by atoms with E-state index in [1.807, 2.05) is 68.6 Å². The number of ether oxygens (including phenoxy) is 3. The van der Waals surface area contributed by atoms with Gasteiger partial charge in [0.1, 0.15) is 13.2 Å². The van der Waals surface area contributed by atoms with E-state index in [1.54, 1.807) is 19.3 Å². The molecule has 0 aliphatic carbocycles. The van der Waals surface area contributed by atoms with Crippen LogP contribution in [0.25, 0.3) is 17.0 Å². The predicted molar refractivity (Wildman–Crippen MR) is 137 cm³/mol. The molecule has 1 unspecified atom stereocenters. The van der Waals surface area contributed by atoms with Gasteiger partial charge in [-0.15, -0.1) is 0 Å². The van der Waals surface area contributed by atoms with Crippen molar-refractivity contribution in [3.05, 3.63) is 77.1 Å². The molecule has 0 fully saturated rings. The van der Waals surface area contributed by atoms with Crippen LogP contribution in [-0.2, 0) is 9.53 Å². The highest BCUT2D eigenvalue weighted by Crippen LogP contribution is 2.64. The maximum atomic E-state index is 11.9. The molecule has 1 aromatic carbocycles. The Kier molecular flexibility index (Phi) is 8.60. The molecule has 0 N–H and O–H groups in total. The van der Waals surface area contributed by atoms with Gasteiger partial charge in [-0.2, -0.15) is 0 Å². The van der Waals surface area contributed by atoms with Crippen molar-refractivity contribution in [2.75, 3.05) is 26.5 Å². The summed E-state index contributed by atoms with van der Waals surface area (Å²) in [7, 11) is 0. The largest absolute Gasteiger partial charge is 0.484 e. The third-order valence-electron chi connectivity index (χ3n) is 4.74. The topological polar surface area (TPSA) is 57.9 Å². The van der Waals surface area contributed by atoms with Gasteiger partial charge in [0.15, 0.2) is 17.9 Å². The first kappa shape index (κ1) is 24.9. The van der Waals surface area contributed by atoms with E-state index in [-0.39, 0.29) is 0 Å². The summed E-state index contributed by atoms with van der Waals surface area (Å²) in [6, 6.07) is 3.75. The minimum Gasteiger partial charge on any atom is -0.484 e. The fourth-order valence-corrected chi connectivity index (χ4v) is 4.43. The number of esters is 1. The first-order chi connectivity index (χ1) is 15.8. The summed E-state index contributed by atoms with van der Waals surface area (Å²) in [5, 5.41) is 0.845. The molecule has 3 rings (SSSR count). The molecule has 33 heavy (non-hydrogen) atoms. The maximum Gasteiger partial charge on any atom is 0.330 e. The maximum absolute atomic E-state index is 11.9. The zero-order valence-electron chi connectivity index (χ0n) is 19.3. The fourth-order valence-electron chi connectivity index (χ4n) is 3.06. The Morgan fingerprint density at radius 2 is 2.03 bits per heavy atom. The van der Waals surface area contributed by atoms with Crippen molar-refractivity contribution in [1.82, 2.24) is 0 Å². The molecular weight excluding hydrogens is 459 g/mol. The van der Waals surface area contributed by atoms with E-state index in [2.05, 4.69) is 0 Å². The van der Waals surface area contributed by atoms with Crippen molar-refractivity contribution < 1.29 is 23.4 Å². The second-order valence-corrected chi connectivity index (χ2v) is 12.7. The number of benzene rings is 1. The Morgan fingerprint density at radius 1 is 1.21 bits per heavy atom. The lowest BCUT2D eigenvalue weighted by Crippen LogP contribution is -2.05. The second kappa shape index (κ2) is 11.4. The van der Waals surface area contributed by atoms with E-state index >= 15 is 0 Å². The van der Waals surface area contributed by atoms with Crippen LogP contribution >= 0.6 is 17.9 Å². The lowest BCUT2D eigenvalue weighted by atomic mass is 10.1. The molecule has 2 aromatic rings. The molecule has 1 aromatic heterocycles. The summed E-state index contributed by atoms with van der Waals surface area (Å²) in [6.45, 7) is 7.06. The highest BCUT2D eigenvalue weighted by atomic mass is 35.7. The Morgan fingerprint density at radius 3 is 2.79 bits per heavy atom. The fraction of sp³-hybridized carbons (Fsp3) is 0.269. The van der Waals surface area contributed by atoms with Gasteiger partial charge in [-0.05, 0) is 62.8 Å². The quantitative estimate of drug-likeness (QED) is 0.158. The van der Waals surface area contributed by atoms with Gasteiger partial charge in [0.05, 0.1) is 42.4 Å². The highest BCUT2D eigenvalue weighted by molar-refractivity contribution is 8.03. The zero-order chi connectivity index (χ0) is 23.8. The lowest BCUT2D eigenvalue weighted by Gasteiger charge is -2.16. The van der Waals surface area contributed by atoms with E-state index < -0.39 is 12.6 Å². The molecule has 174 valence electrons. The van der Waals surface area contributed by atoms with Crippen LogP contribution in [0.1, 0.15) is 26.3 Å². The zero-order valence-corrected chi connectivity index (χ0v) is 21.0. The van der Waals surface area contributed by atoms with Crippen molar-refractivity contribution in [1.29, 1.82) is 0 Å². The summed E-state index contributed by atoms with van der Waals surface area (Å²) >= 11 is 6.51. The van der Waals surface area contributed by atoms with Gasteiger partial charge in [-0.1, -0.05) is 11.6 Å². The van der Waals surface area contributed by atoms with Gasteiger partial charge in [-0.25, -0.2) is 4.79 Å². The number of allylic oxidation sites excluding steroid dienone is 3. The Labute approximate surface area is 200 Å². The molecule has 0 amide bonds. The summed E-state index contributed by atoms with van der Waals surface area (Å²) in [6.07, 6.45) is 12.6. The molecule has 0 saturated carbocycles. The van der Waals surface area contributed by atoms with E-state index in [9.17, 15) is 4.79 Å². The SMILES string of the molecule is CCOC(=O)/C=C/c1cc2ccoc2c(OCC=C(C)C)c1OCC1=CC=C[P+](C)(Cl)C=C1. The van der Waals surface area contributed by atoms with E-state index in [1.165, 1.54) is 6.08 Å². The molecule has 0 bridgehead atoms. The first-order valence-corrected chi connectivity index (χ1v) is 14.0. The lowest BCUT2D eigenvalue weighted by molar-refractivity contribution is -0.137. The smallest absolute Gasteiger partial charge is 0.330 e. The van der Waals surface area contributed by atoms with Crippen LogP contribution in [0.15, 0.2) is 76.0 Å². The van der Waals surface area contributed by atoms with Crippen LogP contribution in [0, 0.1) is 0 Å². The average molecular weight is 488 g/mol. The molecule has 1 atom stereocenters. The van der Waals surface area contributed by atoms with Gasteiger partial charge in [0, 0.05) is 17.0 Å². The van der Waals surface area contributed by atoms with Crippen molar-refractivity contribution in [2.45, 2.75) is 20.8 Å². The molecule has 0 saturated heterocycles. The molecule has 0 radical (unpaired) electrons. The second-order valence-electron chi connectivity index (χ2n) is 7.86. The molecule has 7 heteroatoms. The molecular formula is C26H29ClO5P+. The van der Waals surface area contributed by atoms with Crippen LogP contribution < -0.4 is 9.47 Å². The van der Waals surface area contributed by atoms with Crippen molar-refractivity contribution >= 4 is 40.9 Å². The number of carbonyl (C=O) groups excluding carboxylic acids is 1. The summed E-state index contributed by atoms with van der Waals surface area (Å²) < 4.78 is 23.1. The van der Waals surface area contributed by atoms with E-state index in [0.29, 0.717) is 42.5 Å². The third-order valence-corrected chi connectivity index (χ3v) is 6.90. The van der Waals surface area contributed by atoms with Crippen LogP contribution in [-0.4, -0.2) is 32.5 Å². The molecule has 0 spiro atoms. The van der Waals surface area contributed by atoms with Gasteiger partial charge < -0.3 is 18.6 Å². The van der Waals surface area contributed by atoms with Crippen LogP contribution in [0.2, 0.25) is 0 Å². The Balaban J connectivity index is 1.99. The number of rotatable bonds is 9. The molecule has 2 heterocycles. The van der Waals surface area contributed by atoms with Crippen LogP contribution in [0.4, 0.5) is 0 Å². The molecule has 5 nitrogen and oxygen atoms in total. The normalized spacial score (nSPS) is 17.7. The minimum atomic E-state index is -1.71. The molecule has 1 aliphatic heterocycles.